The van der Waals surface area contributed by atoms with Crippen LogP contribution in [0.5, 0.6) is 0 Å². The lowest BCUT2D eigenvalue weighted by atomic mass is 10.2. The molecule has 2 rings (SSSR count). The van der Waals surface area contributed by atoms with Crippen molar-refractivity contribution in [1.82, 2.24) is 4.90 Å². The largest absolute Gasteiger partial charge is 0.376 e. The summed E-state index contributed by atoms with van der Waals surface area (Å²) in [5.41, 5.74) is 2.51. The van der Waals surface area contributed by atoms with E-state index in [1.807, 2.05) is 6.07 Å². The van der Waals surface area contributed by atoms with Gasteiger partial charge >= 0.3 is 0 Å². The molecule has 6 nitrogen and oxygen atoms in total. The number of amides is 2. The molecule has 0 aliphatic rings. The van der Waals surface area contributed by atoms with Gasteiger partial charge in [0.05, 0.1) is 18.2 Å². The van der Waals surface area contributed by atoms with Gasteiger partial charge in [-0.3, -0.25) is 9.59 Å². The molecular formula is C18H18N4O2. The predicted molar refractivity (Wildman–Crippen MR) is 92.7 cm³/mol. The first-order valence-corrected chi connectivity index (χ1v) is 7.35. The van der Waals surface area contributed by atoms with Gasteiger partial charge in [0.1, 0.15) is 0 Å². The molecular weight excluding hydrogens is 304 g/mol. The average Bonchev–Trinajstić information content (AvgIpc) is 2.60. The molecule has 24 heavy (non-hydrogen) atoms. The SMILES string of the molecule is CN(C)C(=O)c1ccc(NC(=O)CNc2ccc(C#N)cc2)cc1. The van der Waals surface area contributed by atoms with Gasteiger partial charge in [-0.2, -0.15) is 5.26 Å². The zero-order valence-electron chi connectivity index (χ0n) is 13.5. The van der Waals surface area contributed by atoms with Crippen LogP contribution >= 0.6 is 0 Å². The van der Waals surface area contributed by atoms with Crippen LogP contribution in [-0.2, 0) is 4.79 Å². The zero-order valence-corrected chi connectivity index (χ0v) is 13.5. The van der Waals surface area contributed by atoms with Crippen molar-refractivity contribution < 1.29 is 9.59 Å². The Morgan fingerprint density at radius 2 is 1.58 bits per heavy atom. The van der Waals surface area contributed by atoms with Crippen LogP contribution in [-0.4, -0.2) is 37.4 Å². The van der Waals surface area contributed by atoms with Crippen molar-refractivity contribution in [3.05, 3.63) is 59.7 Å². The maximum atomic E-state index is 11.9. The van der Waals surface area contributed by atoms with Gasteiger partial charge in [0, 0.05) is 31.0 Å². The molecule has 0 unspecified atom stereocenters. The van der Waals surface area contributed by atoms with E-state index in [0.717, 1.165) is 5.69 Å². The van der Waals surface area contributed by atoms with Crippen LogP contribution in [0.15, 0.2) is 48.5 Å². The van der Waals surface area contributed by atoms with Crippen LogP contribution in [0.4, 0.5) is 11.4 Å². The number of nitrogens with one attached hydrogen (secondary N) is 2. The molecule has 0 saturated carbocycles. The normalized spacial score (nSPS) is 9.71. The molecule has 0 bridgehead atoms. The van der Waals surface area contributed by atoms with Crippen molar-refractivity contribution in [2.45, 2.75) is 0 Å². The summed E-state index contributed by atoms with van der Waals surface area (Å²) in [5.74, 6) is -0.290. The first-order chi connectivity index (χ1) is 11.5. The van der Waals surface area contributed by atoms with E-state index in [2.05, 4.69) is 10.6 Å². The second kappa shape index (κ2) is 7.79. The maximum Gasteiger partial charge on any atom is 0.253 e. The van der Waals surface area contributed by atoms with Gasteiger partial charge in [-0.15, -0.1) is 0 Å². The lowest BCUT2D eigenvalue weighted by Crippen LogP contribution is -2.22. The van der Waals surface area contributed by atoms with Crippen molar-refractivity contribution >= 4 is 23.2 Å². The third-order valence-electron chi connectivity index (χ3n) is 3.29. The summed E-state index contributed by atoms with van der Waals surface area (Å²) in [6.45, 7) is 0.101. The Labute approximate surface area is 140 Å². The van der Waals surface area contributed by atoms with Crippen LogP contribution in [0, 0.1) is 11.3 Å². The van der Waals surface area contributed by atoms with E-state index in [1.165, 1.54) is 4.90 Å². The van der Waals surface area contributed by atoms with Gasteiger partial charge in [-0.25, -0.2) is 0 Å². The quantitative estimate of drug-likeness (QED) is 0.884. The second-order valence-electron chi connectivity index (χ2n) is 5.37. The number of benzene rings is 2. The summed E-state index contributed by atoms with van der Waals surface area (Å²) < 4.78 is 0. The number of carbonyl (C=O) groups excluding carboxylic acids is 2. The van der Waals surface area contributed by atoms with Crippen molar-refractivity contribution in [2.24, 2.45) is 0 Å². The molecule has 0 radical (unpaired) electrons. The Bertz CT molecular complexity index is 759. The molecule has 2 N–H and O–H groups in total. The molecule has 6 heteroatoms. The molecule has 122 valence electrons. The standard InChI is InChI=1S/C18H18N4O2/c1-22(2)18(24)14-5-9-16(10-6-14)21-17(23)12-20-15-7-3-13(11-19)4-8-15/h3-10,20H,12H2,1-2H3,(H,21,23). The summed E-state index contributed by atoms with van der Waals surface area (Å²) >= 11 is 0. The fraction of sp³-hybridized carbons (Fsp3) is 0.167. The molecule has 0 aliphatic heterocycles. The van der Waals surface area contributed by atoms with Crippen LogP contribution < -0.4 is 10.6 Å². The van der Waals surface area contributed by atoms with Crippen molar-refractivity contribution in [1.29, 1.82) is 5.26 Å². The van der Waals surface area contributed by atoms with Crippen molar-refractivity contribution in [2.75, 3.05) is 31.3 Å². The first kappa shape index (κ1) is 17.0. The minimum Gasteiger partial charge on any atom is -0.376 e. The highest BCUT2D eigenvalue weighted by Crippen LogP contribution is 2.11. The molecule has 2 aromatic rings. The van der Waals surface area contributed by atoms with E-state index in [9.17, 15) is 9.59 Å². The third kappa shape index (κ3) is 4.58. The topological polar surface area (TPSA) is 85.2 Å². The number of carbonyl (C=O) groups is 2. The number of anilines is 2. The number of nitriles is 1. The van der Waals surface area contributed by atoms with E-state index in [-0.39, 0.29) is 18.4 Å². The number of rotatable bonds is 5. The molecule has 0 saturated heterocycles. The minimum atomic E-state index is -0.203. The lowest BCUT2D eigenvalue weighted by Gasteiger charge is -2.11. The Kier molecular flexibility index (Phi) is 5.53. The summed E-state index contributed by atoms with van der Waals surface area (Å²) in [6.07, 6.45) is 0. The lowest BCUT2D eigenvalue weighted by molar-refractivity contribution is -0.114. The Morgan fingerprint density at radius 3 is 2.12 bits per heavy atom. The predicted octanol–water partition coefficient (Wildman–Crippen LogP) is 2.31. The summed E-state index contributed by atoms with van der Waals surface area (Å²) in [7, 11) is 3.37. The molecule has 0 aliphatic carbocycles. The van der Waals surface area contributed by atoms with E-state index in [4.69, 9.17) is 5.26 Å². The smallest absolute Gasteiger partial charge is 0.253 e. The molecule has 0 aromatic heterocycles. The van der Waals surface area contributed by atoms with E-state index < -0.39 is 0 Å². The molecule has 0 fully saturated rings. The number of hydrogen-bond donors (Lipinski definition) is 2. The second-order valence-corrected chi connectivity index (χ2v) is 5.37. The van der Waals surface area contributed by atoms with Crippen molar-refractivity contribution in [3.8, 4) is 6.07 Å². The van der Waals surface area contributed by atoms with Gasteiger partial charge in [0.15, 0.2) is 0 Å². The van der Waals surface area contributed by atoms with Crippen molar-refractivity contribution in [3.63, 3.8) is 0 Å². The van der Waals surface area contributed by atoms with Gasteiger partial charge < -0.3 is 15.5 Å². The Morgan fingerprint density at radius 1 is 1.00 bits per heavy atom. The highest BCUT2D eigenvalue weighted by molar-refractivity contribution is 5.96. The monoisotopic (exact) mass is 322 g/mol. The molecule has 0 spiro atoms. The van der Waals surface area contributed by atoms with E-state index in [0.29, 0.717) is 16.8 Å². The van der Waals surface area contributed by atoms with E-state index >= 15 is 0 Å². The third-order valence-corrected chi connectivity index (χ3v) is 3.29. The molecule has 2 aromatic carbocycles. The van der Waals surface area contributed by atoms with E-state index in [1.54, 1.807) is 62.6 Å². The fourth-order valence-electron chi connectivity index (χ4n) is 2.00. The summed E-state index contributed by atoms with van der Waals surface area (Å²) in [4.78, 5) is 25.2. The molecule has 2 amide bonds. The minimum absolute atomic E-state index is 0.0876. The highest BCUT2D eigenvalue weighted by Gasteiger charge is 2.08. The Hall–Kier alpha value is -3.33. The molecule has 0 heterocycles. The highest BCUT2D eigenvalue weighted by atomic mass is 16.2. The summed E-state index contributed by atoms with van der Waals surface area (Å²) in [6, 6.07) is 15.6. The van der Waals surface area contributed by atoms with Crippen LogP contribution in [0.2, 0.25) is 0 Å². The maximum absolute atomic E-state index is 11.9. The number of hydrogen-bond acceptors (Lipinski definition) is 4. The molecule has 0 atom stereocenters. The van der Waals surface area contributed by atoms with Gasteiger partial charge in [-0.1, -0.05) is 0 Å². The van der Waals surface area contributed by atoms with Gasteiger partial charge in [0.2, 0.25) is 5.91 Å². The summed E-state index contributed by atoms with van der Waals surface area (Å²) in [5, 5.41) is 14.5. The zero-order chi connectivity index (χ0) is 17.5. The van der Waals surface area contributed by atoms with Gasteiger partial charge in [-0.05, 0) is 48.5 Å². The Balaban J connectivity index is 1.87. The fourth-order valence-corrected chi connectivity index (χ4v) is 2.00. The average molecular weight is 322 g/mol. The van der Waals surface area contributed by atoms with Crippen LogP contribution in [0.3, 0.4) is 0 Å². The van der Waals surface area contributed by atoms with Crippen LogP contribution in [0.1, 0.15) is 15.9 Å². The van der Waals surface area contributed by atoms with Gasteiger partial charge in [0.25, 0.3) is 5.91 Å². The van der Waals surface area contributed by atoms with Crippen LogP contribution in [0.25, 0.3) is 0 Å². The first-order valence-electron chi connectivity index (χ1n) is 7.35. The number of nitrogens with zero attached hydrogens (tertiary/aromatic N) is 2.